The number of anilines is 2. The highest BCUT2D eigenvalue weighted by molar-refractivity contribution is 7.98. The number of ether oxygens (including phenoxy) is 3. The van der Waals surface area contributed by atoms with Crippen LogP contribution in [0.3, 0.4) is 0 Å². The second-order valence-electron chi connectivity index (χ2n) is 10.0. The molecule has 0 bridgehead atoms. The number of nitrogens with zero attached hydrogens (tertiary/aromatic N) is 1. The summed E-state index contributed by atoms with van der Waals surface area (Å²) in [5.74, 6) is -1.24. The summed E-state index contributed by atoms with van der Waals surface area (Å²) in [4.78, 5) is 55.7. The molecule has 0 saturated heterocycles. The van der Waals surface area contributed by atoms with E-state index in [0.717, 1.165) is 4.90 Å². The number of amides is 3. The lowest BCUT2D eigenvalue weighted by Gasteiger charge is -2.19. The van der Waals surface area contributed by atoms with Crippen LogP contribution in [0.4, 0.5) is 16.3 Å². The van der Waals surface area contributed by atoms with Crippen molar-refractivity contribution >= 4 is 58.7 Å². The molecular formula is C30H33ClN4O7S. The molecule has 0 aliphatic rings. The average Bonchev–Trinajstić information content (AvgIpc) is 2.96. The van der Waals surface area contributed by atoms with E-state index < -0.39 is 29.5 Å². The fraction of sp³-hybridized carbons (Fsp3) is 0.300. The van der Waals surface area contributed by atoms with Gasteiger partial charge in [-0.2, -0.15) is 0 Å². The first-order valence-electron chi connectivity index (χ1n) is 13.1. The first-order chi connectivity index (χ1) is 20.4. The monoisotopic (exact) mass is 628 g/mol. The van der Waals surface area contributed by atoms with Crippen molar-refractivity contribution in [3.8, 4) is 5.75 Å². The number of hydrogen-bond acceptors (Lipinski definition) is 9. The Kier molecular flexibility index (Phi) is 11.8. The highest BCUT2D eigenvalue weighted by Gasteiger charge is 2.21. The first-order valence-corrected chi connectivity index (χ1v) is 14.7. The summed E-state index contributed by atoms with van der Waals surface area (Å²) in [7, 11) is 1.23. The topological polar surface area (TPSA) is 145 Å². The van der Waals surface area contributed by atoms with Gasteiger partial charge in [-0.3, -0.25) is 9.59 Å². The van der Waals surface area contributed by atoms with Gasteiger partial charge in [0.25, 0.3) is 11.8 Å². The van der Waals surface area contributed by atoms with Crippen molar-refractivity contribution < 1.29 is 33.4 Å². The highest BCUT2D eigenvalue weighted by Crippen LogP contribution is 2.28. The highest BCUT2D eigenvalue weighted by atomic mass is 35.5. The third kappa shape index (κ3) is 10.2. The molecule has 3 amide bonds. The van der Waals surface area contributed by atoms with E-state index in [2.05, 4.69) is 20.9 Å². The summed E-state index contributed by atoms with van der Waals surface area (Å²) >= 11 is 7.35. The van der Waals surface area contributed by atoms with Crippen LogP contribution in [-0.2, 0) is 9.47 Å². The fourth-order valence-electron chi connectivity index (χ4n) is 3.61. The summed E-state index contributed by atoms with van der Waals surface area (Å²) in [6.45, 7) is 5.84. The Morgan fingerprint density at radius 2 is 1.67 bits per heavy atom. The average molecular weight is 629 g/mol. The zero-order valence-electron chi connectivity index (χ0n) is 24.4. The molecule has 1 heterocycles. The van der Waals surface area contributed by atoms with E-state index in [-0.39, 0.29) is 34.8 Å². The second-order valence-corrected chi connectivity index (χ2v) is 11.3. The minimum absolute atomic E-state index is 0.0702. The Labute approximate surface area is 259 Å². The number of carbonyl (C=O) groups is 4. The number of alkyl carbamates (subject to hydrolysis) is 1. The van der Waals surface area contributed by atoms with Gasteiger partial charge in [0.15, 0.2) is 0 Å². The number of benzene rings is 2. The molecule has 3 N–H and O–H groups in total. The number of methoxy groups -OCH3 is 1. The van der Waals surface area contributed by atoms with Crippen LogP contribution in [0.1, 0.15) is 58.3 Å². The summed E-state index contributed by atoms with van der Waals surface area (Å²) in [6.07, 6.45) is 3.20. The molecular weight excluding hydrogens is 596 g/mol. The van der Waals surface area contributed by atoms with Gasteiger partial charge in [-0.05, 0) is 82.0 Å². The van der Waals surface area contributed by atoms with Crippen LogP contribution in [0.25, 0.3) is 0 Å². The molecule has 2 aromatic carbocycles. The molecule has 43 heavy (non-hydrogen) atoms. The maximum Gasteiger partial charge on any atom is 0.407 e. The number of halogens is 1. The number of esters is 1. The molecule has 0 unspecified atom stereocenters. The van der Waals surface area contributed by atoms with Gasteiger partial charge in [0.2, 0.25) is 0 Å². The van der Waals surface area contributed by atoms with Crippen molar-refractivity contribution in [2.75, 3.05) is 37.2 Å². The normalized spacial score (nSPS) is 10.8. The van der Waals surface area contributed by atoms with E-state index in [1.807, 2.05) is 6.26 Å². The lowest BCUT2D eigenvalue weighted by Crippen LogP contribution is -2.33. The third-order valence-electron chi connectivity index (χ3n) is 5.58. The molecule has 11 nitrogen and oxygen atoms in total. The Morgan fingerprint density at radius 1 is 0.953 bits per heavy atom. The van der Waals surface area contributed by atoms with Crippen molar-refractivity contribution in [3.05, 3.63) is 76.4 Å². The number of aromatic nitrogens is 1. The number of thioether (sulfide) groups is 1. The van der Waals surface area contributed by atoms with Gasteiger partial charge < -0.3 is 30.2 Å². The lowest BCUT2D eigenvalue weighted by atomic mass is 10.1. The van der Waals surface area contributed by atoms with E-state index in [1.54, 1.807) is 45.0 Å². The van der Waals surface area contributed by atoms with Gasteiger partial charge in [-0.15, -0.1) is 11.8 Å². The van der Waals surface area contributed by atoms with Gasteiger partial charge in [0, 0.05) is 17.6 Å². The molecule has 1 aromatic heterocycles. The van der Waals surface area contributed by atoms with E-state index in [1.165, 1.54) is 49.3 Å². The Morgan fingerprint density at radius 3 is 2.33 bits per heavy atom. The smallest absolute Gasteiger partial charge is 0.407 e. The largest absolute Gasteiger partial charge is 0.493 e. The number of pyridine rings is 1. The molecule has 0 aliphatic heterocycles. The number of hydrogen-bond donors (Lipinski definition) is 3. The predicted octanol–water partition coefficient (Wildman–Crippen LogP) is 6.04. The van der Waals surface area contributed by atoms with E-state index in [0.29, 0.717) is 23.7 Å². The van der Waals surface area contributed by atoms with Gasteiger partial charge in [0.1, 0.15) is 17.2 Å². The molecule has 0 radical (unpaired) electrons. The van der Waals surface area contributed by atoms with Crippen LogP contribution < -0.4 is 20.7 Å². The minimum Gasteiger partial charge on any atom is -0.493 e. The van der Waals surface area contributed by atoms with E-state index >= 15 is 0 Å². The Hall–Kier alpha value is -4.29. The zero-order chi connectivity index (χ0) is 31.6. The number of nitrogens with one attached hydrogen (secondary N) is 3. The van der Waals surface area contributed by atoms with Gasteiger partial charge in [0.05, 0.1) is 41.1 Å². The molecule has 0 spiro atoms. The molecule has 3 rings (SSSR count). The maximum atomic E-state index is 13.5. The third-order valence-corrected chi connectivity index (χ3v) is 6.53. The number of carbonyl (C=O) groups excluding carboxylic acids is 4. The standard InChI is InChI=1S/C30H33ClN4O7S/c1-30(2,3)42-29(39)32-13-6-14-41-24-16-20(43-5)9-11-22(24)27(37)34-23-15-18(28(38)40-4)7-10-21(23)26(36)35-25-12-8-19(31)17-33-25/h7-12,15-17H,6,13-14H2,1-5H3,(H,32,39)(H,34,37)(H,33,35,36). The first kappa shape index (κ1) is 33.2. The fourth-order valence-corrected chi connectivity index (χ4v) is 4.15. The van der Waals surface area contributed by atoms with Crippen LogP contribution in [0.5, 0.6) is 5.75 Å². The van der Waals surface area contributed by atoms with E-state index in [4.69, 9.17) is 25.8 Å². The van der Waals surface area contributed by atoms with Crippen LogP contribution in [0, 0.1) is 0 Å². The number of rotatable bonds is 11. The summed E-state index contributed by atoms with van der Waals surface area (Å²) in [5.41, 5.74) is -0.127. The van der Waals surface area contributed by atoms with Crippen molar-refractivity contribution in [2.24, 2.45) is 0 Å². The Balaban J connectivity index is 1.79. The maximum absolute atomic E-state index is 13.5. The van der Waals surface area contributed by atoms with Crippen molar-refractivity contribution in [2.45, 2.75) is 37.7 Å². The summed E-state index contributed by atoms with van der Waals surface area (Å²) in [6, 6.07) is 12.4. The van der Waals surface area contributed by atoms with Gasteiger partial charge in [-0.25, -0.2) is 14.6 Å². The molecule has 3 aromatic rings. The minimum atomic E-state index is -0.643. The SMILES string of the molecule is COC(=O)c1ccc(C(=O)Nc2ccc(Cl)cn2)c(NC(=O)c2ccc(SC)cc2OCCCNC(=O)OC(C)(C)C)c1. The molecule has 228 valence electrons. The van der Waals surface area contributed by atoms with Crippen LogP contribution in [-0.4, -0.2) is 61.0 Å². The van der Waals surface area contributed by atoms with E-state index in [9.17, 15) is 19.2 Å². The molecule has 0 aliphatic carbocycles. The second kappa shape index (κ2) is 15.3. The van der Waals surface area contributed by atoms with Crippen LogP contribution in [0.2, 0.25) is 5.02 Å². The quantitative estimate of drug-likeness (QED) is 0.131. The molecule has 0 atom stereocenters. The van der Waals surface area contributed by atoms with Crippen LogP contribution in [0.15, 0.2) is 59.6 Å². The van der Waals surface area contributed by atoms with Crippen molar-refractivity contribution in [3.63, 3.8) is 0 Å². The lowest BCUT2D eigenvalue weighted by molar-refractivity contribution is 0.0524. The summed E-state index contributed by atoms with van der Waals surface area (Å²) in [5, 5.41) is 8.44. The molecule has 0 fully saturated rings. The van der Waals surface area contributed by atoms with Crippen LogP contribution >= 0.6 is 23.4 Å². The summed E-state index contributed by atoms with van der Waals surface area (Å²) < 4.78 is 16.0. The van der Waals surface area contributed by atoms with Crippen molar-refractivity contribution in [1.82, 2.24) is 10.3 Å². The van der Waals surface area contributed by atoms with Crippen molar-refractivity contribution in [1.29, 1.82) is 0 Å². The predicted molar refractivity (Wildman–Crippen MR) is 166 cm³/mol. The molecule has 0 saturated carbocycles. The zero-order valence-corrected chi connectivity index (χ0v) is 26.0. The Bertz CT molecular complexity index is 1480. The van der Waals surface area contributed by atoms with Gasteiger partial charge in [-0.1, -0.05) is 11.6 Å². The van der Waals surface area contributed by atoms with Gasteiger partial charge >= 0.3 is 12.1 Å². The molecule has 13 heteroatoms.